The lowest BCUT2D eigenvalue weighted by Crippen LogP contribution is -2.39. The van der Waals surface area contributed by atoms with Gasteiger partial charge in [0, 0.05) is 41.0 Å². The van der Waals surface area contributed by atoms with Crippen molar-refractivity contribution in [3.63, 3.8) is 0 Å². The molecule has 4 rings (SSSR count). The molecule has 130 valence electrons. The first-order valence-corrected chi connectivity index (χ1v) is 9.26. The number of hydrogen-bond acceptors (Lipinski definition) is 3. The second-order valence-corrected chi connectivity index (χ2v) is 7.79. The summed E-state index contributed by atoms with van der Waals surface area (Å²) in [7, 11) is 0. The van der Waals surface area contributed by atoms with E-state index >= 15 is 0 Å². The molecule has 0 bridgehead atoms. The molecule has 1 aliphatic heterocycles. The van der Waals surface area contributed by atoms with Crippen molar-refractivity contribution in [1.82, 2.24) is 14.6 Å². The molecule has 0 N–H and O–H groups in total. The zero-order chi connectivity index (χ0) is 17.6. The highest BCUT2D eigenvalue weighted by molar-refractivity contribution is 6.33. The Hall–Kier alpha value is -2.07. The zero-order valence-electron chi connectivity index (χ0n) is 14.9. The summed E-state index contributed by atoms with van der Waals surface area (Å²) in [4.78, 5) is 7.21. The number of anilines is 1. The Kier molecular flexibility index (Phi) is 4.16. The maximum absolute atomic E-state index is 6.41. The highest BCUT2D eigenvalue weighted by atomic mass is 35.5. The number of aryl methyl sites for hydroxylation is 1. The van der Waals surface area contributed by atoms with Crippen LogP contribution >= 0.6 is 11.6 Å². The van der Waals surface area contributed by atoms with Crippen molar-refractivity contribution < 1.29 is 0 Å². The predicted molar refractivity (Wildman–Crippen MR) is 103 cm³/mol. The summed E-state index contributed by atoms with van der Waals surface area (Å²) in [5, 5.41) is 5.38. The summed E-state index contributed by atoms with van der Waals surface area (Å²) in [5.41, 5.74) is 3.83. The van der Waals surface area contributed by atoms with Crippen LogP contribution in [0, 0.1) is 18.8 Å². The van der Waals surface area contributed by atoms with E-state index in [0.717, 1.165) is 46.4 Å². The standard InChI is InChI=1S/C20H23ClN4/c1-13-8-14(2)12-24(11-13)19-9-15(3)23-20-17(10-22-25(19)20)16-6-4-5-7-18(16)21/h4-7,9-10,13-14H,8,11-12H2,1-3H3/t13-,14-/m1/s1. The van der Waals surface area contributed by atoms with E-state index in [-0.39, 0.29) is 0 Å². The molecule has 0 radical (unpaired) electrons. The maximum Gasteiger partial charge on any atom is 0.165 e. The highest BCUT2D eigenvalue weighted by Gasteiger charge is 2.25. The van der Waals surface area contributed by atoms with Gasteiger partial charge in [-0.2, -0.15) is 9.61 Å². The molecule has 1 saturated heterocycles. The van der Waals surface area contributed by atoms with E-state index in [0.29, 0.717) is 11.8 Å². The highest BCUT2D eigenvalue weighted by Crippen LogP contribution is 2.33. The molecule has 3 heterocycles. The summed E-state index contributed by atoms with van der Waals surface area (Å²) in [6, 6.07) is 10.0. The molecule has 0 saturated carbocycles. The monoisotopic (exact) mass is 354 g/mol. The number of aromatic nitrogens is 3. The molecule has 1 fully saturated rings. The smallest absolute Gasteiger partial charge is 0.165 e. The molecule has 2 atom stereocenters. The SMILES string of the molecule is Cc1cc(N2C[C@H](C)C[C@@H](C)C2)n2ncc(-c3ccccc3Cl)c2n1. The Morgan fingerprint density at radius 1 is 1.08 bits per heavy atom. The normalized spacial score (nSPS) is 21.0. The molecule has 0 spiro atoms. The van der Waals surface area contributed by atoms with Crippen LogP contribution in [0.3, 0.4) is 0 Å². The first kappa shape index (κ1) is 16.4. The Morgan fingerprint density at radius 2 is 1.80 bits per heavy atom. The first-order chi connectivity index (χ1) is 12.0. The van der Waals surface area contributed by atoms with Gasteiger partial charge in [0.05, 0.1) is 6.20 Å². The fourth-order valence-corrected chi connectivity index (χ4v) is 4.25. The lowest BCUT2D eigenvalue weighted by molar-refractivity contribution is 0.354. The van der Waals surface area contributed by atoms with Crippen LogP contribution in [0.2, 0.25) is 5.02 Å². The third-order valence-corrected chi connectivity index (χ3v) is 5.27. The van der Waals surface area contributed by atoms with Gasteiger partial charge in [-0.15, -0.1) is 0 Å². The van der Waals surface area contributed by atoms with Crippen molar-refractivity contribution in [3.05, 3.63) is 47.2 Å². The molecule has 1 aromatic carbocycles. The largest absolute Gasteiger partial charge is 0.356 e. The summed E-state index contributed by atoms with van der Waals surface area (Å²) in [6.45, 7) is 8.82. The molecule has 5 heteroatoms. The van der Waals surface area contributed by atoms with Gasteiger partial charge >= 0.3 is 0 Å². The Labute approximate surface area is 153 Å². The third-order valence-electron chi connectivity index (χ3n) is 4.94. The zero-order valence-corrected chi connectivity index (χ0v) is 15.7. The Morgan fingerprint density at radius 3 is 2.52 bits per heavy atom. The lowest BCUT2D eigenvalue weighted by atomic mass is 9.92. The third kappa shape index (κ3) is 2.99. The van der Waals surface area contributed by atoms with Crippen LogP contribution in [0.25, 0.3) is 16.8 Å². The number of nitrogens with zero attached hydrogens (tertiary/aromatic N) is 4. The summed E-state index contributed by atoms with van der Waals surface area (Å²) in [6.07, 6.45) is 3.16. The minimum Gasteiger partial charge on any atom is -0.356 e. The van der Waals surface area contributed by atoms with Gasteiger partial charge in [0.15, 0.2) is 5.65 Å². The molecule has 4 nitrogen and oxygen atoms in total. The molecule has 25 heavy (non-hydrogen) atoms. The van der Waals surface area contributed by atoms with Crippen LogP contribution in [0.4, 0.5) is 5.82 Å². The number of hydrogen-bond donors (Lipinski definition) is 0. The van der Waals surface area contributed by atoms with E-state index in [1.807, 2.05) is 41.9 Å². The second-order valence-electron chi connectivity index (χ2n) is 7.38. The van der Waals surface area contributed by atoms with Crippen LogP contribution in [-0.2, 0) is 0 Å². The van der Waals surface area contributed by atoms with Gasteiger partial charge in [-0.3, -0.25) is 0 Å². The fourth-order valence-electron chi connectivity index (χ4n) is 4.01. The number of fused-ring (bicyclic) bond motifs is 1. The van der Waals surface area contributed by atoms with E-state index in [4.69, 9.17) is 16.6 Å². The summed E-state index contributed by atoms with van der Waals surface area (Å²) < 4.78 is 1.97. The van der Waals surface area contributed by atoms with Crippen molar-refractivity contribution in [3.8, 4) is 11.1 Å². The van der Waals surface area contributed by atoms with Gasteiger partial charge in [0.25, 0.3) is 0 Å². The average molecular weight is 355 g/mol. The van der Waals surface area contributed by atoms with E-state index in [1.165, 1.54) is 6.42 Å². The van der Waals surface area contributed by atoms with E-state index in [2.05, 4.69) is 29.9 Å². The molecule has 2 aromatic heterocycles. The molecule has 0 unspecified atom stereocenters. The molecule has 1 aliphatic rings. The van der Waals surface area contributed by atoms with Gasteiger partial charge in [-0.05, 0) is 31.2 Å². The summed E-state index contributed by atoms with van der Waals surface area (Å²) >= 11 is 6.41. The Balaban J connectivity index is 1.86. The minimum atomic E-state index is 0.686. The van der Waals surface area contributed by atoms with E-state index in [1.54, 1.807) is 0 Å². The van der Waals surface area contributed by atoms with Crippen molar-refractivity contribution >= 4 is 23.1 Å². The molecule has 3 aromatic rings. The Bertz CT molecular complexity index is 907. The second kappa shape index (κ2) is 6.34. The predicted octanol–water partition coefficient (Wildman–Crippen LogP) is 4.84. The van der Waals surface area contributed by atoms with Gasteiger partial charge in [0.2, 0.25) is 0 Å². The van der Waals surface area contributed by atoms with Gasteiger partial charge < -0.3 is 4.90 Å². The van der Waals surface area contributed by atoms with Crippen LogP contribution in [-0.4, -0.2) is 27.7 Å². The van der Waals surface area contributed by atoms with Crippen molar-refractivity contribution in [2.24, 2.45) is 11.8 Å². The van der Waals surface area contributed by atoms with E-state index in [9.17, 15) is 0 Å². The van der Waals surface area contributed by atoms with Crippen LogP contribution in [0.5, 0.6) is 0 Å². The fraction of sp³-hybridized carbons (Fsp3) is 0.400. The van der Waals surface area contributed by atoms with E-state index < -0.39 is 0 Å². The maximum atomic E-state index is 6.41. The van der Waals surface area contributed by atoms with Crippen LogP contribution in [0.1, 0.15) is 26.0 Å². The molecule has 0 aliphatic carbocycles. The number of piperidine rings is 1. The average Bonchev–Trinajstić information content (AvgIpc) is 2.97. The van der Waals surface area contributed by atoms with Crippen LogP contribution in [0.15, 0.2) is 36.5 Å². The van der Waals surface area contributed by atoms with Crippen molar-refractivity contribution in [1.29, 1.82) is 0 Å². The van der Waals surface area contributed by atoms with Gasteiger partial charge in [0.1, 0.15) is 5.82 Å². The van der Waals surface area contributed by atoms with Gasteiger partial charge in [-0.1, -0.05) is 43.6 Å². The van der Waals surface area contributed by atoms with Crippen LogP contribution < -0.4 is 4.90 Å². The van der Waals surface area contributed by atoms with Crippen molar-refractivity contribution in [2.45, 2.75) is 27.2 Å². The minimum absolute atomic E-state index is 0.686. The molecular formula is C20H23ClN4. The lowest BCUT2D eigenvalue weighted by Gasteiger charge is -2.36. The number of halogens is 1. The topological polar surface area (TPSA) is 33.4 Å². The number of rotatable bonds is 2. The van der Waals surface area contributed by atoms with Crippen molar-refractivity contribution in [2.75, 3.05) is 18.0 Å². The molecule has 0 amide bonds. The summed E-state index contributed by atoms with van der Waals surface area (Å²) in [5.74, 6) is 2.50. The quantitative estimate of drug-likeness (QED) is 0.660. The molecular weight excluding hydrogens is 332 g/mol. The number of benzene rings is 1. The van der Waals surface area contributed by atoms with Gasteiger partial charge in [-0.25, -0.2) is 4.98 Å². The first-order valence-electron chi connectivity index (χ1n) is 8.88.